The molecular formula is C15H14N2. The minimum absolute atomic E-state index is 0.882. The first-order valence-electron chi connectivity index (χ1n) is 5.79. The lowest BCUT2D eigenvalue weighted by Crippen LogP contribution is -2.02. The fourth-order valence-corrected chi connectivity index (χ4v) is 2.18. The maximum Gasteiger partial charge on any atom is 0.140 e. The molecule has 0 aliphatic rings. The second-order valence-electron chi connectivity index (χ2n) is 4.27. The van der Waals surface area contributed by atoms with Crippen LogP contribution in [0.4, 0.5) is 0 Å². The third-order valence-corrected chi connectivity index (χ3v) is 3.05. The summed E-state index contributed by atoms with van der Waals surface area (Å²) in [5, 5.41) is 1.21. The topological polar surface area (TPSA) is 17.8 Å². The molecule has 0 unspecified atom stereocenters. The third kappa shape index (κ3) is 1.82. The number of hydrogen-bond donors (Lipinski definition) is 0. The van der Waals surface area contributed by atoms with Crippen LogP contribution < -0.4 is 0 Å². The number of nitrogens with zero attached hydrogens (tertiary/aromatic N) is 2. The van der Waals surface area contributed by atoms with E-state index in [1.54, 1.807) is 0 Å². The van der Waals surface area contributed by atoms with Gasteiger partial charge in [-0.1, -0.05) is 30.3 Å². The van der Waals surface area contributed by atoms with Gasteiger partial charge < -0.3 is 4.57 Å². The zero-order valence-electron chi connectivity index (χ0n) is 9.80. The van der Waals surface area contributed by atoms with Crippen LogP contribution in [0.2, 0.25) is 0 Å². The van der Waals surface area contributed by atoms with Crippen LogP contribution in [-0.2, 0) is 6.54 Å². The monoisotopic (exact) mass is 222 g/mol. The van der Waals surface area contributed by atoms with E-state index >= 15 is 0 Å². The van der Waals surface area contributed by atoms with Crippen molar-refractivity contribution in [3.05, 3.63) is 66.0 Å². The van der Waals surface area contributed by atoms with Gasteiger partial charge in [0.05, 0.1) is 0 Å². The number of rotatable bonds is 2. The number of aryl methyl sites for hydroxylation is 1. The van der Waals surface area contributed by atoms with Gasteiger partial charge in [0.1, 0.15) is 5.65 Å². The predicted molar refractivity (Wildman–Crippen MR) is 70.0 cm³/mol. The van der Waals surface area contributed by atoms with Crippen molar-refractivity contribution in [3.8, 4) is 0 Å². The van der Waals surface area contributed by atoms with E-state index in [1.165, 1.54) is 16.6 Å². The summed E-state index contributed by atoms with van der Waals surface area (Å²) < 4.78 is 2.25. The Bertz CT molecular complexity index is 638. The van der Waals surface area contributed by atoms with Gasteiger partial charge in [-0.05, 0) is 30.7 Å². The Hall–Kier alpha value is -2.09. The summed E-state index contributed by atoms with van der Waals surface area (Å²) in [5.74, 6) is 0. The maximum absolute atomic E-state index is 4.46. The molecule has 0 saturated heterocycles. The van der Waals surface area contributed by atoms with Gasteiger partial charge in [-0.3, -0.25) is 0 Å². The van der Waals surface area contributed by atoms with Gasteiger partial charge in [0.15, 0.2) is 0 Å². The molecule has 0 saturated carbocycles. The Kier molecular flexibility index (Phi) is 2.41. The zero-order valence-corrected chi connectivity index (χ0v) is 9.80. The highest BCUT2D eigenvalue weighted by Crippen LogP contribution is 2.18. The van der Waals surface area contributed by atoms with Crippen molar-refractivity contribution in [2.24, 2.45) is 0 Å². The molecule has 0 fully saturated rings. The van der Waals surface area contributed by atoms with E-state index in [1.807, 2.05) is 18.3 Å². The van der Waals surface area contributed by atoms with Crippen LogP contribution in [0.3, 0.4) is 0 Å². The minimum Gasteiger partial charge on any atom is -0.326 e. The van der Waals surface area contributed by atoms with Crippen molar-refractivity contribution in [3.63, 3.8) is 0 Å². The molecule has 3 rings (SSSR count). The van der Waals surface area contributed by atoms with Gasteiger partial charge in [0.25, 0.3) is 0 Å². The van der Waals surface area contributed by atoms with Crippen LogP contribution in [0.15, 0.2) is 54.7 Å². The molecule has 84 valence electrons. The summed E-state index contributed by atoms with van der Waals surface area (Å²) in [7, 11) is 0. The molecule has 0 aliphatic carbocycles. The zero-order chi connectivity index (χ0) is 11.7. The lowest BCUT2D eigenvalue weighted by atomic mass is 10.2. The molecule has 0 N–H and O–H groups in total. The van der Waals surface area contributed by atoms with E-state index < -0.39 is 0 Å². The molecular weight excluding hydrogens is 208 g/mol. The van der Waals surface area contributed by atoms with Crippen molar-refractivity contribution in [1.29, 1.82) is 0 Å². The second-order valence-corrected chi connectivity index (χ2v) is 4.27. The third-order valence-electron chi connectivity index (χ3n) is 3.05. The van der Waals surface area contributed by atoms with Gasteiger partial charge in [-0.2, -0.15) is 0 Å². The molecule has 0 amide bonds. The Morgan fingerprint density at radius 3 is 2.71 bits per heavy atom. The predicted octanol–water partition coefficient (Wildman–Crippen LogP) is 3.39. The number of hydrogen-bond acceptors (Lipinski definition) is 1. The van der Waals surface area contributed by atoms with Crippen molar-refractivity contribution in [1.82, 2.24) is 9.55 Å². The normalized spacial score (nSPS) is 10.9. The molecule has 1 aromatic carbocycles. The lowest BCUT2D eigenvalue weighted by Gasteiger charge is -2.07. The summed E-state index contributed by atoms with van der Waals surface area (Å²) >= 11 is 0. The van der Waals surface area contributed by atoms with Crippen LogP contribution in [0, 0.1) is 6.92 Å². The van der Waals surface area contributed by atoms with Crippen molar-refractivity contribution >= 4 is 11.0 Å². The van der Waals surface area contributed by atoms with Crippen LogP contribution in [0.1, 0.15) is 11.3 Å². The summed E-state index contributed by atoms with van der Waals surface area (Å²) in [6.45, 7) is 3.01. The van der Waals surface area contributed by atoms with Crippen molar-refractivity contribution in [2.75, 3.05) is 0 Å². The van der Waals surface area contributed by atoms with E-state index in [9.17, 15) is 0 Å². The smallest absolute Gasteiger partial charge is 0.140 e. The molecule has 0 spiro atoms. The molecule has 3 aromatic rings. The van der Waals surface area contributed by atoms with Gasteiger partial charge in [0, 0.05) is 23.8 Å². The number of pyridine rings is 1. The summed E-state index contributed by atoms with van der Waals surface area (Å²) in [6.07, 6.45) is 1.85. The highest BCUT2D eigenvalue weighted by molar-refractivity contribution is 5.77. The highest BCUT2D eigenvalue weighted by Gasteiger charge is 2.06. The van der Waals surface area contributed by atoms with Gasteiger partial charge in [0.2, 0.25) is 0 Å². The Labute approximate surface area is 101 Å². The Balaban J connectivity index is 2.08. The largest absolute Gasteiger partial charge is 0.326 e. The molecule has 0 atom stereocenters. The lowest BCUT2D eigenvalue weighted by molar-refractivity contribution is 0.795. The van der Waals surface area contributed by atoms with Gasteiger partial charge in [-0.15, -0.1) is 0 Å². The number of benzene rings is 1. The van der Waals surface area contributed by atoms with E-state index in [4.69, 9.17) is 0 Å². The highest BCUT2D eigenvalue weighted by atomic mass is 15.0. The standard InChI is InChI=1S/C15H14N2/c1-12-10-14-8-5-9-16-15(14)17(12)11-13-6-3-2-4-7-13/h2-10H,11H2,1H3. The first kappa shape index (κ1) is 10.1. The van der Waals surface area contributed by atoms with Crippen LogP contribution in [0.25, 0.3) is 11.0 Å². The van der Waals surface area contributed by atoms with E-state index in [0.717, 1.165) is 12.2 Å². The van der Waals surface area contributed by atoms with Gasteiger partial charge in [-0.25, -0.2) is 4.98 Å². The van der Waals surface area contributed by atoms with Crippen molar-refractivity contribution in [2.45, 2.75) is 13.5 Å². The first-order chi connectivity index (χ1) is 8.34. The fraction of sp³-hybridized carbons (Fsp3) is 0.133. The van der Waals surface area contributed by atoms with Crippen LogP contribution in [0.5, 0.6) is 0 Å². The SMILES string of the molecule is Cc1cc2cccnc2n1Cc1ccccc1. The van der Waals surface area contributed by atoms with Gasteiger partial charge >= 0.3 is 0 Å². The van der Waals surface area contributed by atoms with Crippen molar-refractivity contribution < 1.29 is 0 Å². The fourth-order valence-electron chi connectivity index (χ4n) is 2.18. The molecule has 0 bridgehead atoms. The maximum atomic E-state index is 4.46. The van der Waals surface area contributed by atoms with Crippen LogP contribution in [-0.4, -0.2) is 9.55 Å². The van der Waals surface area contributed by atoms with E-state index in [2.05, 4.69) is 52.9 Å². The molecule has 0 aliphatic heterocycles. The molecule has 0 radical (unpaired) electrons. The summed E-state index contributed by atoms with van der Waals surface area (Å²) in [6, 6.07) is 16.8. The number of fused-ring (bicyclic) bond motifs is 1. The average molecular weight is 222 g/mol. The van der Waals surface area contributed by atoms with E-state index in [-0.39, 0.29) is 0 Å². The average Bonchev–Trinajstić information content (AvgIpc) is 2.68. The Morgan fingerprint density at radius 2 is 1.88 bits per heavy atom. The molecule has 2 heterocycles. The molecule has 2 nitrogen and oxygen atoms in total. The molecule has 2 aromatic heterocycles. The van der Waals surface area contributed by atoms with E-state index in [0.29, 0.717) is 0 Å². The molecule has 17 heavy (non-hydrogen) atoms. The van der Waals surface area contributed by atoms with Crippen LogP contribution >= 0.6 is 0 Å². The minimum atomic E-state index is 0.882. The Morgan fingerprint density at radius 1 is 1.06 bits per heavy atom. The number of aromatic nitrogens is 2. The second kappa shape index (κ2) is 4.06. The quantitative estimate of drug-likeness (QED) is 0.650. The molecule has 2 heteroatoms. The first-order valence-corrected chi connectivity index (χ1v) is 5.79. The summed E-state index contributed by atoms with van der Waals surface area (Å²) in [5.41, 5.74) is 3.62. The summed E-state index contributed by atoms with van der Waals surface area (Å²) in [4.78, 5) is 4.46.